The Bertz CT molecular complexity index is 467. The van der Waals surface area contributed by atoms with Gasteiger partial charge in [0.15, 0.2) is 0 Å². The van der Waals surface area contributed by atoms with Gasteiger partial charge in [0.25, 0.3) is 0 Å². The molecule has 1 atom stereocenters. The Morgan fingerprint density at radius 2 is 2.32 bits per heavy atom. The summed E-state index contributed by atoms with van der Waals surface area (Å²) in [4.78, 5) is 14.1. The van der Waals surface area contributed by atoms with Crippen molar-refractivity contribution in [3.05, 3.63) is 35.6 Å². The topological polar surface area (TPSA) is 41.6 Å². The average molecular weight is 331 g/mol. The molecule has 2 rings (SSSR count). The van der Waals surface area contributed by atoms with Gasteiger partial charge in [-0.15, -0.1) is 12.4 Å². The molecule has 1 saturated heterocycles. The summed E-state index contributed by atoms with van der Waals surface area (Å²) in [5.74, 6) is -0.198. The van der Waals surface area contributed by atoms with Crippen molar-refractivity contribution in [1.29, 1.82) is 0 Å². The molecular formula is C16H24ClFN2O2. The molecule has 0 bridgehead atoms. The largest absolute Gasteiger partial charge is 0.376 e. The van der Waals surface area contributed by atoms with Gasteiger partial charge in [-0.05, 0) is 37.6 Å². The first-order valence-electron chi connectivity index (χ1n) is 7.47. The highest BCUT2D eigenvalue weighted by Crippen LogP contribution is 2.16. The molecule has 1 aromatic rings. The van der Waals surface area contributed by atoms with E-state index in [4.69, 9.17) is 4.74 Å². The van der Waals surface area contributed by atoms with Crippen molar-refractivity contribution < 1.29 is 13.9 Å². The molecule has 1 N–H and O–H groups in total. The summed E-state index contributed by atoms with van der Waals surface area (Å²) in [5, 5.41) is 2.98. The summed E-state index contributed by atoms with van der Waals surface area (Å²) in [6, 6.07) is 6.41. The summed E-state index contributed by atoms with van der Waals surface area (Å²) >= 11 is 0. The third-order valence-corrected chi connectivity index (χ3v) is 3.65. The van der Waals surface area contributed by atoms with Crippen molar-refractivity contribution in [1.82, 2.24) is 10.2 Å². The van der Waals surface area contributed by atoms with Crippen molar-refractivity contribution in [3.63, 3.8) is 0 Å². The van der Waals surface area contributed by atoms with E-state index in [1.54, 1.807) is 11.0 Å². The fraction of sp³-hybridized carbons (Fsp3) is 0.562. The lowest BCUT2D eigenvalue weighted by molar-refractivity contribution is -0.133. The highest BCUT2D eigenvalue weighted by atomic mass is 35.5. The van der Waals surface area contributed by atoms with Crippen LogP contribution in [0.5, 0.6) is 0 Å². The SMILES string of the molecule is CNCCC(=O)N(Cc1cccc(F)c1)CC1CCCO1.Cl. The van der Waals surface area contributed by atoms with Crippen LogP contribution in [-0.2, 0) is 16.1 Å². The second-order valence-corrected chi connectivity index (χ2v) is 5.39. The molecule has 1 heterocycles. The Labute approximate surface area is 137 Å². The molecule has 1 aromatic carbocycles. The molecule has 6 heteroatoms. The first-order chi connectivity index (χ1) is 10.2. The Kier molecular flexibility index (Phi) is 8.38. The summed E-state index contributed by atoms with van der Waals surface area (Å²) < 4.78 is 18.9. The quantitative estimate of drug-likeness (QED) is 0.834. The maximum absolute atomic E-state index is 13.3. The number of ether oxygens (including phenoxy) is 1. The monoisotopic (exact) mass is 330 g/mol. The Morgan fingerprint density at radius 3 is 2.95 bits per heavy atom. The van der Waals surface area contributed by atoms with Gasteiger partial charge in [-0.25, -0.2) is 4.39 Å². The number of hydrogen-bond acceptors (Lipinski definition) is 3. The molecule has 1 aliphatic heterocycles. The zero-order valence-corrected chi connectivity index (χ0v) is 13.7. The van der Waals surface area contributed by atoms with Crippen LogP contribution in [0, 0.1) is 5.82 Å². The highest BCUT2D eigenvalue weighted by molar-refractivity contribution is 5.85. The lowest BCUT2D eigenvalue weighted by Gasteiger charge is -2.25. The van der Waals surface area contributed by atoms with E-state index < -0.39 is 0 Å². The summed E-state index contributed by atoms with van der Waals surface area (Å²) in [7, 11) is 1.82. The first-order valence-corrected chi connectivity index (χ1v) is 7.47. The minimum Gasteiger partial charge on any atom is -0.376 e. The molecule has 0 aromatic heterocycles. The molecule has 0 aliphatic carbocycles. The van der Waals surface area contributed by atoms with E-state index >= 15 is 0 Å². The predicted molar refractivity (Wildman–Crippen MR) is 86.6 cm³/mol. The molecule has 4 nitrogen and oxygen atoms in total. The van der Waals surface area contributed by atoms with E-state index in [1.165, 1.54) is 12.1 Å². The minimum atomic E-state index is -0.271. The number of carbonyl (C=O) groups is 1. The number of nitrogens with zero attached hydrogens (tertiary/aromatic N) is 1. The van der Waals surface area contributed by atoms with Crippen molar-refractivity contribution >= 4 is 18.3 Å². The lowest BCUT2D eigenvalue weighted by atomic mass is 10.1. The minimum absolute atomic E-state index is 0. The zero-order valence-electron chi connectivity index (χ0n) is 12.9. The van der Waals surface area contributed by atoms with Gasteiger partial charge in [-0.2, -0.15) is 0 Å². The van der Waals surface area contributed by atoms with Crippen LogP contribution in [0.3, 0.4) is 0 Å². The molecule has 1 unspecified atom stereocenters. The van der Waals surface area contributed by atoms with E-state index in [-0.39, 0.29) is 30.2 Å². The fourth-order valence-electron chi connectivity index (χ4n) is 2.53. The number of carbonyl (C=O) groups excluding carboxylic acids is 1. The maximum Gasteiger partial charge on any atom is 0.224 e. The third-order valence-electron chi connectivity index (χ3n) is 3.65. The normalized spacial score (nSPS) is 17.1. The Hall–Kier alpha value is -1.17. The second-order valence-electron chi connectivity index (χ2n) is 5.39. The van der Waals surface area contributed by atoms with Crippen LogP contribution in [-0.4, -0.2) is 43.7 Å². The van der Waals surface area contributed by atoms with Crippen molar-refractivity contribution in [3.8, 4) is 0 Å². The molecule has 0 spiro atoms. The number of halogens is 2. The second kappa shape index (κ2) is 9.77. The van der Waals surface area contributed by atoms with Gasteiger partial charge in [0.1, 0.15) is 5.82 Å². The van der Waals surface area contributed by atoms with E-state index in [0.717, 1.165) is 25.0 Å². The van der Waals surface area contributed by atoms with Crippen LogP contribution in [0.1, 0.15) is 24.8 Å². The van der Waals surface area contributed by atoms with E-state index in [0.29, 0.717) is 26.1 Å². The van der Waals surface area contributed by atoms with Crippen LogP contribution in [0.25, 0.3) is 0 Å². The van der Waals surface area contributed by atoms with Crippen LogP contribution in [0.15, 0.2) is 24.3 Å². The van der Waals surface area contributed by atoms with Crippen molar-refractivity contribution in [2.24, 2.45) is 0 Å². The fourth-order valence-corrected chi connectivity index (χ4v) is 2.53. The summed E-state index contributed by atoms with van der Waals surface area (Å²) in [6.07, 6.45) is 2.58. The Balaban J connectivity index is 0.00000242. The van der Waals surface area contributed by atoms with Crippen LogP contribution < -0.4 is 5.32 Å². The van der Waals surface area contributed by atoms with E-state index in [2.05, 4.69) is 5.32 Å². The standard InChI is InChI=1S/C16H23FN2O2.ClH/c1-18-8-7-16(20)19(12-15-6-3-9-21-15)11-13-4-2-5-14(17)10-13;/h2,4-5,10,15,18H,3,6-9,11-12H2,1H3;1H. The smallest absolute Gasteiger partial charge is 0.224 e. The molecule has 1 aliphatic rings. The molecule has 124 valence electrons. The molecule has 22 heavy (non-hydrogen) atoms. The predicted octanol–water partition coefficient (Wildman–Crippen LogP) is 2.36. The van der Waals surface area contributed by atoms with Gasteiger partial charge in [-0.3, -0.25) is 4.79 Å². The Morgan fingerprint density at radius 1 is 1.50 bits per heavy atom. The molecule has 1 amide bonds. The van der Waals surface area contributed by atoms with Crippen LogP contribution >= 0.6 is 12.4 Å². The van der Waals surface area contributed by atoms with Gasteiger partial charge in [-0.1, -0.05) is 12.1 Å². The third kappa shape index (κ3) is 5.91. The van der Waals surface area contributed by atoms with Gasteiger partial charge in [0.05, 0.1) is 6.10 Å². The van der Waals surface area contributed by atoms with Crippen LogP contribution in [0.4, 0.5) is 4.39 Å². The van der Waals surface area contributed by atoms with Crippen molar-refractivity contribution in [2.75, 3.05) is 26.7 Å². The number of rotatable bonds is 7. The molecular weight excluding hydrogens is 307 g/mol. The molecule has 1 fully saturated rings. The van der Waals surface area contributed by atoms with Gasteiger partial charge < -0.3 is 15.0 Å². The number of nitrogens with one attached hydrogen (secondary N) is 1. The first kappa shape index (κ1) is 18.9. The van der Waals surface area contributed by atoms with Gasteiger partial charge in [0.2, 0.25) is 5.91 Å². The number of amides is 1. The summed E-state index contributed by atoms with van der Waals surface area (Å²) in [6.45, 7) is 2.42. The molecule has 0 saturated carbocycles. The summed E-state index contributed by atoms with van der Waals surface area (Å²) in [5.41, 5.74) is 0.811. The van der Waals surface area contributed by atoms with Gasteiger partial charge in [0, 0.05) is 32.7 Å². The lowest BCUT2D eigenvalue weighted by Crippen LogP contribution is -2.38. The maximum atomic E-state index is 13.3. The van der Waals surface area contributed by atoms with Crippen molar-refractivity contribution in [2.45, 2.75) is 31.9 Å². The average Bonchev–Trinajstić information content (AvgIpc) is 2.97. The number of benzene rings is 1. The molecule has 0 radical (unpaired) electrons. The highest BCUT2D eigenvalue weighted by Gasteiger charge is 2.22. The zero-order chi connectivity index (χ0) is 15.1. The van der Waals surface area contributed by atoms with E-state index in [9.17, 15) is 9.18 Å². The van der Waals surface area contributed by atoms with Gasteiger partial charge >= 0.3 is 0 Å². The van der Waals surface area contributed by atoms with Crippen LogP contribution in [0.2, 0.25) is 0 Å². The number of hydrogen-bond donors (Lipinski definition) is 1. The van der Waals surface area contributed by atoms with E-state index in [1.807, 2.05) is 13.1 Å².